The Morgan fingerprint density at radius 1 is 1.41 bits per heavy atom. The van der Waals surface area contributed by atoms with Crippen molar-refractivity contribution in [1.29, 1.82) is 0 Å². The lowest BCUT2D eigenvalue weighted by atomic mass is 10.3. The van der Waals surface area contributed by atoms with Gasteiger partial charge in [-0.1, -0.05) is 0 Å². The van der Waals surface area contributed by atoms with Crippen molar-refractivity contribution in [1.82, 2.24) is 15.1 Å². The zero-order chi connectivity index (χ0) is 12.8. The molecule has 2 N–H and O–H groups in total. The van der Waals surface area contributed by atoms with Gasteiger partial charge in [0.25, 0.3) is 0 Å². The molecule has 0 atom stereocenters. The Morgan fingerprint density at radius 3 is 2.53 bits per heavy atom. The van der Waals surface area contributed by atoms with Crippen molar-refractivity contribution in [2.75, 3.05) is 33.3 Å². The summed E-state index contributed by atoms with van der Waals surface area (Å²) < 4.78 is 0. The van der Waals surface area contributed by atoms with E-state index >= 15 is 0 Å². The molecule has 0 spiro atoms. The number of aliphatic hydroxyl groups excluding tert-OH is 1. The van der Waals surface area contributed by atoms with Crippen molar-refractivity contribution in [3.63, 3.8) is 0 Å². The molecule has 0 heterocycles. The maximum Gasteiger partial charge on any atom is 0.317 e. The molecule has 0 aromatic heterocycles. The second kappa shape index (κ2) is 6.81. The topological polar surface area (TPSA) is 55.8 Å². The number of nitrogens with one attached hydrogen (secondary N) is 1. The lowest BCUT2D eigenvalue weighted by Crippen LogP contribution is -2.44. The zero-order valence-electron chi connectivity index (χ0n) is 11.1. The van der Waals surface area contributed by atoms with Crippen LogP contribution in [0.2, 0.25) is 0 Å². The van der Waals surface area contributed by atoms with Crippen LogP contribution in [-0.4, -0.2) is 66.3 Å². The minimum Gasteiger partial charge on any atom is -0.395 e. The average molecular weight is 243 g/mol. The summed E-state index contributed by atoms with van der Waals surface area (Å²) in [6.45, 7) is 6.34. The Bertz CT molecular complexity index is 240. The minimum atomic E-state index is -0.112. The van der Waals surface area contributed by atoms with E-state index in [4.69, 9.17) is 5.11 Å². The van der Waals surface area contributed by atoms with E-state index in [1.165, 1.54) is 17.7 Å². The molecule has 0 aromatic carbocycles. The summed E-state index contributed by atoms with van der Waals surface area (Å²) in [7, 11) is 1.69. The van der Waals surface area contributed by atoms with Crippen LogP contribution in [0.3, 0.4) is 0 Å². The van der Waals surface area contributed by atoms with Gasteiger partial charge in [0.2, 0.25) is 0 Å². The number of hydrogen-bond donors (Lipinski definition) is 2. The molecule has 5 nitrogen and oxygen atoms in total. The predicted molar refractivity (Wildman–Crippen MR) is 68.0 cm³/mol. The first-order valence-electron chi connectivity index (χ1n) is 6.41. The molecule has 0 aliphatic heterocycles. The van der Waals surface area contributed by atoms with E-state index in [-0.39, 0.29) is 12.6 Å². The first-order valence-corrected chi connectivity index (χ1v) is 6.41. The summed E-state index contributed by atoms with van der Waals surface area (Å²) in [5.74, 6) is 0. The van der Waals surface area contributed by atoms with Crippen LogP contribution >= 0.6 is 0 Å². The maximum absolute atomic E-state index is 11.6. The smallest absolute Gasteiger partial charge is 0.317 e. The van der Waals surface area contributed by atoms with E-state index in [0.29, 0.717) is 19.1 Å². The monoisotopic (exact) mass is 243 g/mol. The number of carbonyl (C=O) groups excluding carboxylic acids is 1. The molecule has 1 aliphatic carbocycles. The van der Waals surface area contributed by atoms with Crippen molar-refractivity contribution in [2.24, 2.45) is 0 Å². The largest absolute Gasteiger partial charge is 0.395 e. The normalized spacial score (nSPS) is 15.4. The van der Waals surface area contributed by atoms with Gasteiger partial charge in [0.15, 0.2) is 0 Å². The third-order valence-electron chi connectivity index (χ3n) is 3.11. The summed E-state index contributed by atoms with van der Waals surface area (Å²) in [6, 6.07) is 1.15. The van der Waals surface area contributed by atoms with Gasteiger partial charge in [0.1, 0.15) is 0 Å². The fraction of sp³-hybridized carbons (Fsp3) is 0.917. The molecule has 1 saturated carbocycles. The molecule has 5 heteroatoms. The van der Waals surface area contributed by atoms with Gasteiger partial charge in [-0.3, -0.25) is 4.90 Å². The van der Waals surface area contributed by atoms with Crippen LogP contribution in [0.1, 0.15) is 26.7 Å². The van der Waals surface area contributed by atoms with Gasteiger partial charge in [-0.05, 0) is 26.7 Å². The molecular formula is C12H25N3O2. The molecule has 0 unspecified atom stereocenters. The van der Waals surface area contributed by atoms with E-state index in [2.05, 4.69) is 24.1 Å². The van der Waals surface area contributed by atoms with Crippen molar-refractivity contribution >= 4 is 6.03 Å². The molecule has 17 heavy (non-hydrogen) atoms. The second-order valence-electron chi connectivity index (χ2n) is 4.94. The number of aliphatic hydroxyl groups is 1. The van der Waals surface area contributed by atoms with Gasteiger partial charge < -0.3 is 15.3 Å². The Balaban J connectivity index is 2.19. The third-order valence-corrected chi connectivity index (χ3v) is 3.11. The Morgan fingerprint density at radius 2 is 2.06 bits per heavy atom. The van der Waals surface area contributed by atoms with Crippen LogP contribution < -0.4 is 5.32 Å². The van der Waals surface area contributed by atoms with Crippen LogP contribution in [0.15, 0.2) is 0 Å². The average Bonchev–Trinajstić information content (AvgIpc) is 3.07. The quantitative estimate of drug-likeness (QED) is 0.684. The molecule has 0 radical (unpaired) electrons. The molecule has 2 amide bonds. The lowest BCUT2D eigenvalue weighted by molar-refractivity contribution is 0.182. The van der Waals surface area contributed by atoms with Crippen LogP contribution in [0.5, 0.6) is 0 Å². The summed E-state index contributed by atoms with van der Waals surface area (Å²) in [5, 5.41) is 11.6. The van der Waals surface area contributed by atoms with Gasteiger partial charge in [-0.2, -0.15) is 0 Å². The molecule has 0 aromatic rings. The summed E-state index contributed by atoms with van der Waals surface area (Å²) in [5.41, 5.74) is 0. The van der Waals surface area contributed by atoms with Crippen LogP contribution in [0, 0.1) is 0 Å². The van der Waals surface area contributed by atoms with E-state index < -0.39 is 0 Å². The van der Waals surface area contributed by atoms with Crippen molar-refractivity contribution in [3.8, 4) is 0 Å². The molecule has 1 fully saturated rings. The number of carbonyl (C=O) groups is 1. The Hall–Kier alpha value is -0.810. The minimum absolute atomic E-state index is 0.00408. The summed E-state index contributed by atoms with van der Waals surface area (Å²) in [4.78, 5) is 15.5. The first-order chi connectivity index (χ1) is 8.06. The van der Waals surface area contributed by atoms with Gasteiger partial charge in [0.05, 0.1) is 6.61 Å². The number of amides is 2. The SMILES string of the molecule is CC(C)N(CCNC(=O)N(C)CCO)C1CC1. The highest BCUT2D eigenvalue weighted by atomic mass is 16.3. The lowest BCUT2D eigenvalue weighted by Gasteiger charge is -2.26. The van der Waals surface area contributed by atoms with Crippen LogP contribution in [-0.2, 0) is 0 Å². The maximum atomic E-state index is 11.6. The summed E-state index contributed by atoms with van der Waals surface area (Å²) in [6.07, 6.45) is 2.58. The molecule has 1 rings (SSSR count). The number of urea groups is 1. The van der Waals surface area contributed by atoms with Crippen LogP contribution in [0.4, 0.5) is 4.79 Å². The molecule has 0 bridgehead atoms. The Kier molecular flexibility index (Phi) is 5.71. The standard InChI is InChI=1S/C12H25N3O2/c1-10(2)15(11-4-5-11)7-6-13-12(17)14(3)8-9-16/h10-11,16H,4-9H2,1-3H3,(H,13,17). The number of likely N-dealkylation sites (N-methyl/N-ethyl adjacent to an activating group) is 1. The van der Waals surface area contributed by atoms with Crippen molar-refractivity contribution < 1.29 is 9.90 Å². The van der Waals surface area contributed by atoms with E-state index in [9.17, 15) is 4.79 Å². The van der Waals surface area contributed by atoms with Gasteiger partial charge in [0, 0.05) is 38.8 Å². The van der Waals surface area contributed by atoms with Crippen LogP contribution in [0.25, 0.3) is 0 Å². The molecule has 100 valence electrons. The van der Waals surface area contributed by atoms with Crippen molar-refractivity contribution in [3.05, 3.63) is 0 Å². The number of rotatable bonds is 7. The molecule has 1 aliphatic rings. The highest BCUT2D eigenvalue weighted by Gasteiger charge is 2.30. The van der Waals surface area contributed by atoms with Gasteiger partial charge in [-0.25, -0.2) is 4.79 Å². The highest BCUT2D eigenvalue weighted by molar-refractivity contribution is 5.73. The van der Waals surface area contributed by atoms with Gasteiger partial charge in [-0.15, -0.1) is 0 Å². The fourth-order valence-corrected chi connectivity index (χ4v) is 1.95. The van der Waals surface area contributed by atoms with E-state index in [1.54, 1.807) is 7.05 Å². The fourth-order valence-electron chi connectivity index (χ4n) is 1.95. The third kappa shape index (κ3) is 4.91. The molecule has 0 saturated heterocycles. The zero-order valence-corrected chi connectivity index (χ0v) is 11.1. The highest BCUT2D eigenvalue weighted by Crippen LogP contribution is 2.27. The van der Waals surface area contributed by atoms with Gasteiger partial charge >= 0.3 is 6.03 Å². The van der Waals surface area contributed by atoms with E-state index in [0.717, 1.165) is 12.6 Å². The predicted octanol–water partition coefficient (Wildman–Crippen LogP) is 0.493. The Labute approximate surface area is 104 Å². The number of hydrogen-bond acceptors (Lipinski definition) is 3. The van der Waals surface area contributed by atoms with Crippen molar-refractivity contribution in [2.45, 2.75) is 38.8 Å². The summed E-state index contributed by atoms with van der Waals surface area (Å²) >= 11 is 0. The second-order valence-corrected chi connectivity index (χ2v) is 4.94. The first kappa shape index (κ1) is 14.3. The number of nitrogens with zero attached hydrogens (tertiary/aromatic N) is 2. The van der Waals surface area contributed by atoms with E-state index in [1.807, 2.05) is 0 Å². The molecular weight excluding hydrogens is 218 g/mol.